The van der Waals surface area contributed by atoms with Crippen LogP contribution in [0, 0.1) is 0 Å². The Morgan fingerprint density at radius 1 is 0.559 bits per heavy atom. The SMILES string of the molecule is CC(C)(C)c1cc(-c2cc(C(C)(C)C)cc(-c3ncccc3O)n2)nc(-c2ncccc2O)c1. The van der Waals surface area contributed by atoms with Crippen molar-refractivity contribution in [1.82, 2.24) is 19.9 Å². The molecule has 34 heavy (non-hydrogen) atoms. The highest BCUT2D eigenvalue weighted by Gasteiger charge is 2.22. The van der Waals surface area contributed by atoms with Gasteiger partial charge in [-0.05, 0) is 70.5 Å². The van der Waals surface area contributed by atoms with E-state index in [1.54, 1.807) is 36.7 Å². The summed E-state index contributed by atoms with van der Waals surface area (Å²) < 4.78 is 0. The minimum atomic E-state index is -0.166. The third-order valence-electron chi connectivity index (χ3n) is 5.70. The van der Waals surface area contributed by atoms with Gasteiger partial charge in [0.25, 0.3) is 0 Å². The van der Waals surface area contributed by atoms with Crippen LogP contribution in [0.4, 0.5) is 0 Å². The first-order valence-electron chi connectivity index (χ1n) is 11.3. The lowest BCUT2D eigenvalue weighted by atomic mass is 9.85. The third kappa shape index (κ3) is 4.76. The van der Waals surface area contributed by atoms with Crippen LogP contribution in [0.25, 0.3) is 34.2 Å². The highest BCUT2D eigenvalue weighted by molar-refractivity contribution is 5.71. The first-order chi connectivity index (χ1) is 15.9. The summed E-state index contributed by atoms with van der Waals surface area (Å²) in [4.78, 5) is 18.4. The molecule has 0 saturated heterocycles. The summed E-state index contributed by atoms with van der Waals surface area (Å²) >= 11 is 0. The zero-order valence-electron chi connectivity index (χ0n) is 20.5. The lowest BCUT2D eigenvalue weighted by Crippen LogP contribution is -2.14. The van der Waals surface area contributed by atoms with Crippen molar-refractivity contribution in [2.75, 3.05) is 0 Å². The van der Waals surface area contributed by atoms with E-state index in [4.69, 9.17) is 9.97 Å². The molecule has 0 aromatic carbocycles. The number of hydrogen-bond donors (Lipinski definition) is 2. The van der Waals surface area contributed by atoms with Crippen molar-refractivity contribution < 1.29 is 10.2 Å². The predicted molar refractivity (Wildman–Crippen MR) is 135 cm³/mol. The van der Waals surface area contributed by atoms with Crippen LogP contribution in [0.3, 0.4) is 0 Å². The highest BCUT2D eigenvalue weighted by atomic mass is 16.3. The van der Waals surface area contributed by atoms with Crippen molar-refractivity contribution in [2.45, 2.75) is 52.4 Å². The number of hydrogen-bond acceptors (Lipinski definition) is 6. The molecule has 0 unspecified atom stereocenters. The molecule has 4 heterocycles. The highest BCUT2D eigenvalue weighted by Crippen LogP contribution is 2.36. The average molecular weight is 455 g/mol. The molecule has 4 rings (SSSR count). The Hall–Kier alpha value is -3.80. The van der Waals surface area contributed by atoms with Crippen LogP contribution in [0.5, 0.6) is 11.5 Å². The molecule has 0 aliphatic carbocycles. The molecule has 0 radical (unpaired) electrons. The van der Waals surface area contributed by atoms with E-state index in [1.807, 2.05) is 24.3 Å². The van der Waals surface area contributed by atoms with Gasteiger partial charge in [0.1, 0.15) is 22.9 Å². The maximum Gasteiger partial charge on any atom is 0.143 e. The van der Waals surface area contributed by atoms with Gasteiger partial charge < -0.3 is 10.2 Å². The Morgan fingerprint density at radius 2 is 0.912 bits per heavy atom. The van der Waals surface area contributed by atoms with Gasteiger partial charge in [0.2, 0.25) is 0 Å². The Labute approximate surface area is 200 Å². The molecule has 174 valence electrons. The summed E-state index contributed by atoms with van der Waals surface area (Å²) in [5.74, 6) is 0.144. The van der Waals surface area contributed by atoms with Crippen molar-refractivity contribution >= 4 is 0 Å². The van der Waals surface area contributed by atoms with Crippen LogP contribution < -0.4 is 0 Å². The van der Waals surface area contributed by atoms with Crippen molar-refractivity contribution in [1.29, 1.82) is 0 Å². The van der Waals surface area contributed by atoms with Crippen LogP contribution in [0.2, 0.25) is 0 Å². The first kappa shape index (κ1) is 23.4. The summed E-state index contributed by atoms with van der Waals surface area (Å²) in [6, 6.07) is 14.6. The second-order valence-corrected chi connectivity index (χ2v) is 10.5. The molecule has 0 fully saturated rings. The van der Waals surface area contributed by atoms with E-state index in [-0.39, 0.29) is 22.3 Å². The number of aromatic hydroxyl groups is 2. The molecule has 2 N–H and O–H groups in total. The van der Waals surface area contributed by atoms with Crippen molar-refractivity contribution in [3.63, 3.8) is 0 Å². The smallest absolute Gasteiger partial charge is 0.143 e. The molecule has 0 saturated carbocycles. The van der Waals surface area contributed by atoms with Crippen molar-refractivity contribution in [2.24, 2.45) is 0 Å². The van der Waals surface area contributed by atoms with E-state index in [0.29, 0.717) is 34.2 Å². The Balaban J connectivity index is 2.00. The van der Waals surface area contributed by atoms with Crippen molar-refractivity contribution in [3.8, 4) is 45.7 Å². The fourth-order valence-electron chi connectivity index (χ4n) is 3.62. The van der Waals surface area contributed by atoms with Gasteiger partial charge in [0, 0.05) is 12.4 Å². The van der Waals surface area contributed by atoms with E-state index < -0.39 is 0 Å². The van der Waals surface area contributed by atoms with E-state index in [2.05, 4.69) is 51.5 Å². The van der Waals surface area contributed by atoms with E-state index >= 15 is 0 Å². The molecule has 0 spiro atoms. The molecule has 0 aliphatic heterocycles. The van der Waals surface area contributed by atoms with Gasteiger partial charge in [-0.15, -0.1) is 0 Å². The van der Waals surface area contributed by atoms with Crippen molar-refractivity contribution in [3.05, 3.63) is 72.1 Å². The molecule has 0 aliphatic rings. The largest absolute Gasteiger partial charge is 0.506 e. The Morgan fingerprint density at radius 3 is 1.24 bits per heavy atom. The minimum absolute atomic E-state index is 0.0718. The Bertz CT molecular complexity index is 1250. The molecular weight excluding hydrogens is 424 g/mol. The Kier molecular flexibility index (Phi) is 5.86. The number of aromatic nitrogens is 4. The summed E-state index contributed by atoms with van der Waals surface area (Å²) in [5.41, 5.74) is 5.07. The molecule has 6 heteroatoms. The summed E-state index contributed by atoms with van der Waals surface area (Å²) in [6.45, 7) is 12.8. The molecule has 4 aromatic heterocycles. The molecule has 0 bridgehead atoms. The van der Waals surface area contributed by atoms with E-state index in [0.717, 1.165) is 11.1 Å². The second kappa shape index (κ2) is 8.52. The molecule has 0 atom stereocenters. The summed E-state index contributed by atoms with van der Waals surface area (Å²) in [7, 11) is 0. The number of rotatable bonds is 3. The van der Waals surface area contributed by atoms with Crippen LogP contribution in [-0.4, -0.2) is 30.1 Å². The molecular formula is C28H30N4O2. The zero-order valence-corrected chi connectivity index (χ0v) is 20.5. The van der Waals surface area contributed by atoms with Gasteiger partial charge in [-0.3, -0.25) is 9.97 Å². The summed E-state index contributed by atoms with van der Waals surface area (Å²) in [5, 5.41) is 20.9. The van der Waals surface area contributed by atoms with Gasteiger partial charge in [-0.1, -0.05) is 41.5 Å². The molecule has 4 aromatic rings. The average Bonchev–Trinajstić information content (AvgIpc) is 2.78. The van der Waals surface area contributed by atoms with E-state index in [1.165, 1.54) is 0 Å². The first-order valence-corrected chi connectivity index (χ1v) is 11.3. The topological polar surface area (TPSA) is 92.0 Å². The minimum Gasteiger partial charge on any atom is -0.506 e. The predicted octanol–water partition coefficient (Wildman–Crippen LogP) is 6.27. The third-order valence-corrected chi connectivity index (χ3v) is 5.70. The standard InChI is InChI=1S/C28H30N4O2/c1-27(2,3)17-13-19(31-21(15-17)25-23(33)9-7-11-29-25)20-14-18(28(4,5)6)16-22(32-20)26-24(34)10-8-12-30-26/h7-16,33-34H,1-6H3. The maximum atomic E-state index is 10.4. The second-order valence-electron chi connectivity index (χ2n) is 10.5. The van der Waals surface area contributed by atoms with Gasteiger partial charge >= 0.3 is 0 Å². The number of pyridine rings is 4. The molecule has 6 nitrogen and oxygen atoms in total. The van der Waals surface area contributed by atoms with Crippen LogP contribution in [0.1, 0.15) is 52.7 Å². The van der Waals surface area contributed by atoms with Gasteiger partial charge in [0.15, 0.2) is 0 Å². The fraction of sp³-hybridized carbons (Fsp3) is 0.286. The maximum absolute atomic E-state index is 10.4. The zero-order chi connectivity index (χ0) is 24.7. The lowest BCUT2D eigenvalue weighted by molar-refractivity contribution is 0.474. The fourth-order valence-corrected chi connectivity index (χ4v) is 3.62. The summed E-state index contributed by atoms with van der Waals surface area (Å²) in [6.07, 6.45) is 3.28. The normalized spacial score (nSPS) is 12.1. The van der Waals surface area contributed by atoms with Gasteiger partial charge in [-0.2, -0.15) is 0 Å². The van der Waals surface area contributed by atoms with Crippen LogP contribution in [0.15, 0.2) is 60.9 Å². The van der Waals surface area contributed by atoms with Crippen LogP contribution >= 0.6 is 0 Å². The molecule has 0 amide bonds. The van der Waals surface area contributed by atoms with E-state index in [9.17, 15) is 10.2 Å². The lowest BCUT2D eigenvalue weighted by Gasteiger charge is -2.23. The van der Waals surface area contributed by atoms with Crippen LogP contribution in [-0.2, 0) is 10.8 Å². The quantitative estimate of drug-likeness (QED) is 0.379. The van der Waals surface area contributed by atoms with Gasteiger partial charge in [-0.25, -0.2) is 9.97 Å². The number of nitrogens with zero attached hydrogens (tertiary/aromatic N) is 4. The monoisotopic (exact) mass is 454 g/mol. The van der Waals surface area contributed by atoms with Gasteiger partial charge in [0.05, 0.1) is 22.8 Å².